The van der Waals surface area contributed by atoms with Gasteiger partial charge in [-0.25, -0.2) is 9.59 Å². The lowest BCUT2D eigenvalue weighted by Gasteiger charge is -2.27. The van der Waals surface area contributed by atoms with Gasteiger partial charge >= 0.3 is 12.0 Å². The van der Waals surface area contributed by atoms with Crippen LogP contribution in [0, 0.1) is 0 Å². The number of hydrogen-bond acceptors (Lipinski definition) is 3. The molecule has 1 saturated heterocycles. The molecule has 6 nitrogen and oxygen atoms in total. The fraction of sp³-hybridized carbons (Fsp3) is 0.333. The number of urea groups is 1. The number of rotatable bonds is 2. The second-order valence-electron chi connectivity index (χ2n) is 4.17. The Morgan fingerprint density at radius 2 is 2.00 bits per heavy atom. The topological polar surface area (TPSA) is 81.7 Å². The number of anilines is 1. The molecular formula is C12H14ClN3O3. The molecule has 7 heteroatoms. The van der Waals surface area contributed by atoms with Crippen LogP contribution < -0.4 is 10.6 Å². The molecule has 1 aliphatic rings. The van der Waals surface area contributed by atoms with Crippen LogP contribution in [0.15, 0.2) is 18.2 Å². The third kappa shape index (κ3) is 3.36. The molecule has 0 bridgehead atoms. The van der Waals surface area contributed by atoms with Crippen molar-refractivity contribution in [1.82, 2.24) is 10.2 Å². The third-order valence-electron chi connectivity index (χ3n) is 2.86. The summed E-state index contributed by atoms with van der Waals surface area (Å²) in [6.45, 7) is 2.80. The molecule has 102 valence electrons. The molecule has 2 amide bonds. The number of halogens is 1. The second-order valence-corrected chi connectivity index (χ2v) is 4.57. The summed E-state index contributed by atoms with van der Waals surface area (Å²) in [6, 6.07) is 3.98. The molecule has 0 aromatic heterocycles. The summed E-state index contributed by atoms with van der Waals surface area (Å²) < 4.78 is 0. The van der Waals surface area contributed by atoms with Crippen LogP contribution in [0.5, 0.6) is 0 Å². The molecule has 2 rings (SSSR count). The molecule has 0 radical (unpaired) electrons. The van der Waals surface area contributed by atoms with Crippen LogP contribution in [0.3, 0.4) is 0 Å². The quantitative estimate of drug-likeness (QED) is 0.768. The Morgan fingerprint density at radius 3 is 2.58 bits per heavy atom. The van der Waals surface area contributed by atoms with Crippen LogP contribution in [-0.2, 0) is 0 Å². The van der Waals surface area contributed by atoms with Gasteiger partial charge in [0.25, 0.3) is 0 Å². The second kappa shape index (κ2) is 5.90. The SMILES string of the molecule is O=C(O)c1ccc(NC(=O)N2CCNCC2)c(Cl)c1. The molecule has 1 fully saturated rings. The highest BCUT2D eigenvalue weighted by Gasteiger charge is 2.17. The van der Waals surface area contributed by atoms with Crippen molar-refractivity contribution in [2.75, 3.05) is 31.5 Å². The van der Waals surface area contributed by atoms with Crippen LogP contribution in [0.4, 0.5) is 10.5 Å². The van der Waals surface area contributed by atoms with Gasteiger partial charge in [0, 0.05) is 26.2 Å². The number of nitrogens with one attached hydrogen (secondary N) is 2. The zero-order valence-corrected chi connectivity index (χ0v) is 10.9. The number of carboxylic acid groups (broad SMARTS) is 1. The summed E-state index contributed by atoms with van der Waals surface area (Å²) in [5.74, 6) is -1.05. The lowest BCUT2D eigenvalue weighted by Crippen LogP contribution is -2.48. The Balaban J connectivity index is 2.06. The molecule has 0 unspecified atom stereocenters. The molecule has 1 heterocycles. The Morgan fingerprint density at radius 1 is 1.32 bits per heavy atom. The van der Waals surface area contributed by atoms with Gasteiger partial charge in [0.05, 0.1) is 16.3 Å². The minimum absolute atomic E-state index is 0.0881. The minimum Gasteiger partial charge on any atom is -0.478 e. The average molecular weight is 284 g/mol. The van der Waals surface area contributed by atoms with Gasteiger partial charge in [0.1, 0.15) is 0 Å². The van der Waals surface area contributed by atoms with Crippen molar-refractivity contribution in [1.29, 1.82) is 0 Å². The highest BCUT2D eigenvalue weighted by Crippen LogP contribution is 2.23. The Hall–Kier alpha value is -1.79. The zero-order chi connectivity index (χ0) is 13.8. The Kier molecular flexibility index (Phi) is 4.24. The molecule has 1 aliphatic heterocycles. The summed E-state index contributed by atoms with van der Waals surface area (Å²) in [6.07, 6.45) is 0. The van der Waals surface area contributed by atoms with E-state index in [0.29, 0.717) is 18.8 Å². The van der Waals surface area contributed by atoms with Crippen LogP contribution in [0.1, 0.15) is 10.4 Å². The summed E-state index contributed by atoms with van der Waals surface area (Å²) >= 11 is 5.95. The third-order valence-corrected chi connectivity index (χ3v) is 3.17. The van der Waals surface area contributed by atoms with Crippen molar-refractivity contribution >= 4 is 29.3 Å². The lowest BCUT2D eigenvalue weighted by atomic mass is 10.2. The molecule has 3 N–H and O–H groups in total. The number of carbonyl (C=O) groups is 2. The highest BCUT2D eigenvalue weighted by atomic mass is 35.5. The van der Waals surface area contributed by atoms with E-state index in [1.54, 1.807) is 4.90 Å². The number of amides is 2. The first-order valence-electron chi connectivity index (χ1n) is 5.87. The first-order valence-corrected chi connectivity index (χ1v) is 6.25. The predicted molar refractivity (Wildman–Crippen MR) is 71.9 cm³/mol. The average Bonchev–Trinajstić information content (AvgIpc) is 2.41. The molecular weight excluding hydrogens is 270 g/mol. The fourth-order valence-electron chi connectivity index (χ4n) is 1.81. The highest BCUT2D eigenvalue weighted by molar-refractivity contribution is 6.34. The van der Waals surface area contributed by atoms with Crippen molar-refractivity contribution in [2.45, 2.75) is 0 Å². The number of carbonyl (C=O) groups excluding carboxylic acids is 1. The van der Waals surface area contributed by atoms with E-state index < -0.39 is 5.97 Å². The van der Waals surface area contributed by atoms with Crippen molar-refractivity contribution in [3.05, 3.63) is 28.8 Å². The molecule has 0 atom stereocenters. The van der Waals surface area contributed by atoms with Crippen molar-refractivity contribution in [3.63, 3.8) is 0 Å². The van der Waals surface area contributed by atoms with Gasteiger partial charge in [-0.05, 0) is 18.2 Å². The first kappa shape index (κ1) is 13.6. The maximum atomic E-state index is 12.0. The monoisotopic (exact) mass is 283 g/mol. The van der Waals surface area contributed by atoms with E-state index in [0.717, 1.165) is 13.1 Å². The van der Waals surface area contributed by atoms with E-state index in [-0.39, 0.29) is 16.6 Å². The summed E-state index contributed by atoms with van der Waals surface area (Å²) in [7, 11) is 0. The molecule has 0 spiro atoms. The predicted octanol–water partition coefficient (Wildman–Crippen LogP) is 1.48. The van der Waals surface area contributed by atoms with Crippen molar-refractivity contribution in [2.24, 2.45) is 0 Å². The van der Waals surface area contributed by atoms with E-state index in [1.165, 1.54) is 18.2 Å². The van der Waals surface area contributed by atoms with E-state index in [2.05, 4.69) is 10.6 Å². The maximum Gasteiger partial charge on any atom is 0.335 e. The maximum absolute atomic E-state index is 12.0. The summed E-state index contributed by atoms with van der Waals surface area (Å²) in [4.78, 5) is 24.4. The van der Waals surface area contributed by atoms with Gasteiger partial charge in [-0.3, -0.25) is 0 Å². The molecule has 1 aromatic carbocycles. The molecule has 0 aliphatic carbocycles. The molecule has 19 heavy (non-hydrogen) atoms. The smallest absolute Gasteiger partial charge is 0.335 e. The van der Waals surface area contributed by atoms with Gasteiger partial charge in [-0.15, -0.1) is 0 Å². The number of carboxylic acids is 1. The van der Waals surface area contributed by atoms with Gasteiger partial charge in [-0.2, -0.15) is 0 Å². The molecule has 1 aromatic rings. The van der Waals surface area contributed by atoms with Gasteiger partial charge in [-0.1, -0.05) is 11.6 Å². The van der Waals surface area contributed by atoms with E-state index in [1.807, 2.05) is 0 Å². The number of aromatic carboxylic acids is 1. The fourth-order valence-corrected chi connectivity index (χ4v) is 2.04. The lowest BCUT2D eigenvalue weighted by molar-refractivity contribution is 0.0697. The van der Waals surface area contributed by atoms with Gasteiger partial charge in [0.15, 0.2) is 0 Å². The van der Waals surface area contributed by atoms with Crippen molar-refractivity contribution < 1.29 is 14.7 Å². The van der Waals surface area contributed by atoms with E-state index >= 15 is 0 Å². The first-order chi connectivity index (χ1) is 9.08. The Labute approximate surface area is 115 Å². The number of benzene rings is 1. The van der Waals surface area contributed by atoms with E-state index in [4.69, 9.17) is 16.7 Å². The normalized spacial score (nSPS) is 15.1. The minimum atomic E-state index is -1.05. The van der Waals surface area contributed by atoms with Crippen molar-refractivity contribution in [3.8, 4) is 0 Å². The summed E-state index contributed by atoms with van der Waals surface area (Å²) in [5, 5.41) is 14.9. The largest absolute Gasteiger partial charge is 0.478 e. The standard InChI is InChI=1S/C12H14ClN3O3/c13-9-7-8(11(17)18)1-2-10(9)15-12(19)16-5-3-14-4-6-16/h1-2,7,14H,3-6H2,(H,15,19)(H,17,18). The van der Waals surface area contributed by atoms with Crippen LogP contribution in [-0.4, -0.2) is 48.2 Å². The Bertz CT molecular complexity index is 501. The van der Waals surface area contributed by atoms with E-state index in [9.17, 15) is 9.59 Å². The zero-order valence-electron chi connectivity index (χ0n) is 10.1. The number of hydrogen-bond donors (Lipinski definition) is 3. The van der Waals surface area contributed by atoms with Gasteiger partial charge < -0.3 is 20.6 Å². The van der Waals surface area contributed by atoms with Gasteiger partial charge in [0.2, 0.25) is 0 Å². The van der Waals surface area contributed by atoms with Crippen LogP contribution >= 0.6 is 11.6 Å². The number of nitrogens with zero attached hydrogens (tertiary/aromatic N) is 1. The summed E-state index contributed by atoms with van der Waals surface area (Å²) in [5.41, 5.74) is 0.500. The number of piperazine rings is 1. The van der Waals surface area contributed by atoms with Crippen LogP contribution in [0.25, 0.3) is 0 Å². The molecule has 0 saturated carbocycles. The van der Waals surface area contributed by atoms with Crippen LogP contribution in [0.2, 0.25) is 5.02 Å².